The van der Waals surface area contributed by atoms with E-state index in [2.05, 4.69) is 36.5 Å². The number of hydrogen-bond acceptors (Lipinski definition) is 3. The highest BCUT2D eigenvalue weighted by Gasteiger charge is 2.34. The minimum Gasteiger partial charge on any atom is -0.383 e. The predicted molar refractivity (Wildman–Crippen MR) is 74.7 cm³/mol. The molecular formula is C15H22N2O2. The van der Waals surface area contributed by atoms with Gasteiger partial charge in [-0.15, -0.1) is 0 Å². The van der Waals surface area contributed by atoms with E-state index in [4.69, 9.17) is 4.74 Å². The van der Waals surface area contributed by atoms with Crippen LogP contribution in [0.3, 0.4) is 0 Å². The Balaban J connectivity index is 2.19. The topological polar surface area (TPSA) is 41.6 Å². The van der Waals surface area contributed by atoms with Gasteiger partial charge in [0.05, 0.1) is 19.2 Å². The van der Waals surface area contributed by atoms with Crippen molar-refractivity contribution in [3.63, 3.8) is 0 Å². The third-order valence-electron chi connectivity index (χ3n) is 3.60. The summed E-state index contributed by atoms with van der Waals surface area (Å²) in [4.78, 5) is 13.9. The molecule has 0 radical (unpaired) electrons. The molecule has 2 unspecified atom stereocenters. The van der Waals surface area contributed by atoms with Crippen LogP contribution in [0, 0.1) is 0 Å². The smallest absolute Gasteiger partial charge is 0.238 e. The van der Waals surface area contributed by atoms with Gasteiger partial charge in [0.25, 0.3) is 0 Å². The van der Waals surface area contributed by atoms with Crippen LogP contribution in [-0.4, -0.2) is 37.1 Å². The quantitative estimate of drug-likeness (QED) is 0.878. The maximum Gasteiger partial charge on any atom is 0.238 e. The van der Waals surface area contributed by atoms with Crippen molar-refractivity contribution in [1.29, 1.82) is 0 Å². The maximum absolute atomic E-state index is 12.0. The van der Waals surface area contributed by atoms with Gasteiger partial charge in [-0.25, -0.2) is 0 Å². The highest BCUT2D eigenvalue weighted by molar-refractivity contribution is 5.81. The van der Waals surface area contributed by atoms with Gasteiger partial charge in [0, 0.05) is 7.11 Å². The van der Waals surface area contributed by atoms with Crippen LogP contribution < -0.4 is 5.32 Å². The molecule has 0 aromatic heterocycles. The van der Waals surface area contributed by atoms with Gasteiger partial charge >= 0.3 is 0 Å². The predicted octanol–water partition coefficient (Wildman–Crippen LogP) is 1.71. The van der Waals surface area contributed by atoms with Gasteiger partial charge in [-0.2, -0.15) is 0 Å². The summed E-state index contributed by atoms with van der Waals surface area (Å²) in [5.41, 5.74) is 2.44. The summed E-state index contributed by atoms with van der Waals surface area (Å²) in [7, 11) is 1.66. The van der Waals surface area contributed by atoms with E-state index in [1.807, 2.05) is 11.8 Å². The number of amides is 1. The van der Waals surface area contributed by atoms with Crippen LogP contribution >= 0.6 is 0 Å². The molecule has 0 aliphatic carbocycles. The number of aryl methyl sites for hydroxylation is 1. The normalized spacial score (nSPS) is 20.9. The van der Waals surface area contributed by atoms with Crippen LogP contribution in [-0.2, 0) is 16.0 Å². The fourth-order valence-electron chi connectivity index (χ4n) is 2.55. The lowest BCUT2D eigenvalue weighted by Gasteiger charge is -2.30. The molecule has 19 heavy (non-hydrogen) atoms. The number of rotatable bonds is 5. The van der Waals surface area contributed by atoms with Gasteiger partial charge in [0.1, 0.15) is 6.17 Å². The van der Waals surface area contributed by atoms with Crippen molar-refractivity contribution in [1.82, 2.24) is 10.2 Å². The van der Waals surface area contributed by atoms with E-state index in [-0.39, 0.29) is 18.1 Å². The number of carbonyl (C=O) groups excluding carboxylic acids is 1. The molecule has 1 aromatic carbocycles. The lowest BCUT2D eigenvalue weighted by molar-refractivity contribution is -0.131. The molecule has 0 saturated carbocycles. The summed E-state index contributed by atoms with van der Waals surface area (Å²) in [6.07, 6.45) is 0.990. The first kappa shape index (κ1) is 14.0. The Morgan fingerprint density at radius 1 is 1.42 bits per heavy atom. The molecule has 1 amide bonds. The van der Waals surface area contributed by atoms with Gasteiger partial charge in [-0.05, 0) is 24.5 Å². The molecule has 1 aliphatic heterocycles. The largest absolute Gasteiger partial charge is 0.383 e. The lowest BCUT2D eigenvalue weighted by atomic mass is 10.1. The molecule has 1 fully saturated rings. The molecule has 2 atom stereocenters. The van der Waals surface area contributed by atoms with Crippen molar-refractivity contribution in [2.24, 2.45) is 0 Å². The average molecular weight is 262 g/mol. The third-order valence-corrected chi connectivity index (χ3v) is 3.60. The van der Waals surface area contributed by atoms with Crippen LogP contribution in [0.4, 0.5) is 0 Å². The molecule has 1 aliphatic rings. The van der Waals surface area contributed by atoms with Gasteiger partial charge < -0.3 is 9.64 Å². The highest BCUT2D eigenvalue weighted by atomic mass is 16.5. The molecule has 0 bridgehead atoms. The molecule has 1 aromatic rings. The van der Waals surface area contributed by atoms with Crippen molar-refractivity contribution in [2.75, 3.05) is 20.3 Å². The first-order valence-electron chi connectivity index (χ1n) is 6.79. The summed E-state index contributed by atoms with van der Waals surface area (Å²) in [6, 6.07) is 8.52. The van der Waals surface area contributed by atoms with Crippen LogP contribution in [0.1, 0.15) is 31.1 Å². The molecule has 0 spiro atoms. The standard InChI is InChI=1S/C15H22N2O2/c1-4-12-5-7-13(8-6-12)15-16-9-14(18)17(15)11(2)10-19-3/h5-8,11,15-16H,4,9-10H2,1-3H3. The Hall–Kier alpha value is -1.39. The number of nitrogens with one attached hydrogen (secondary N) is 1. The Morgan fingerprint density at radius 2 is 2.11 bits per heavy atom. The number of benzene rings is 1. The zero-order valence-electron chi connectivity index (χ0n) is 11.8. The maximum atomic E-state index is 12.0. The van der Waals surface area contributed by atoms with Gasteiger partial charge in [-0.1, -0.05) is 31.2 Å². The SMILES string of the molecule is CCc1ccc(C2NCC(=O)N2C(C)COC)cc1. The van der Waals surface area contributed by atoms with E-state index >= 15 is 0 Å². The van der Waals surface area contributed by atoms with Crippen LogP contribution in [0.25, 0.3) is 0 Å². The van der Waals surface area contributed by atoms with Gasteiger partial charge in [0.15, 0.2) is 0 Å². The van der Waals surface area contributed by atoms with Crippen molar-refractivity contribution >= 4 is 5.91 Å². The number of methoxy groups -OCH3 is 1. The Morgan fingerprint density at radius 3 is 2.68 bits per heavy atom. The van der Waals surface area contributed by atoms with Crippen LogP contribution in [0.15, 0.2) is 24.3 Å². The second-order valence-corrected chi connectivity index (χ2v) is 4.98. The van der Waals surface area contributed by atoms with Crippen molar-refractivity contribution in [3.05, 3.63) is 35.4 Å². The lowest BCUT2D eigenvalue weighted by Crippen LogP contribution is -2.40. The molecule has 1 saturated heterocycles. The molecule has 1 heterocycles. The van der Waals surface area contributed by atoms with Gasteiger partial charge in [0.2, 0.25) is 5.91 Å². The van der Waals surface area contributed by atoms with Crippen LogP contribution in [0.2, 0.25) is 0 Å². The molecule has 4 nitrogen and oxygen atoms in total. The zero-order chi connectivity index (χ0) is 13.8. The van der Waals surface area contributed by atoms with Crippen molar-refractivity contribution in [2.45, 2.75) is 32.5 Å². The minimum atomic E-state index is -0.0384. The molecule has 4 heteroatoms. The first-order valence-corrected chi connectivity index (χ1v) is 6.79. The first-order chi connectivity index (χ1) is 9.17. The fourth-order valence-corrected chi connectivity index (χ4v) is 2.55. The highest BCUT2D eigenvalue weighted by Crippen LogP contribution is 2.25. The number of hydrogen-bond donors (Lipinski definition) is 1. The summed E-state index contributed by atoms with van der Waals surface area (Å²) in [5.74, 6) is 0.133. The average Bonchev–Trinajstić information content (AvgIpc) is 2.81. The van der Waals surface area contributed by atoms with E-state index in [0.29, 0.717) is 13.2 Å². The van der Waals surface area contributed by atoms with E-state index in [9.17, 15) is 4.79 Å². The fraction of sp³-hybridized carbons (Fsp3) is 0.533. The molecule has 1 N–H and O–H groups in total. The second kappa shape index (κ2) is 6.17. The van der Waals surface area contributed by atoms with E-state index in [0.717, 1.165) is 12.0 Å². The van der Waals surface area contributed by atoms with E-state index in [1.165, 1.54) is 5.56 Å². The molecule has 2 rings (SSSR count). The summed E-state index contributed by atoms with van der Waals surface area (Å²) in [5, 5.41) is 3.27. The van der Waals surface area contributed by atoms with Crippen molar-refractivity contribution < 1.29 is 9.53 Å². The summed E-state index contributed by atoms with van der Waals surface area (Å²) >= 11 is 0. The van der Waals surface area contributed by atoms with E-state index < -0.39 is 0 Å². The second-order valence-electron chi connectivity index (χ2n) is 4.98. The summed E-state index contributed by atoms with van der Waals surface area (Å²) in [6.45, 7) is 5.10. The monoisotopic (exact) mass is 262 g/mol. The minimum absolute atomic E-state index is 0.0384. The summed E-state index contributed by atoms with van der Waals surface area (Å²) < 4.78 is 5.16. The number of carbonyl (C=O) groups is 1. The Labute approximate surface area is 114 Å². The van der Waals surface area contributed by atoms with Crippen LogP contribution in [0.5, 0.6) is 0 Å². The molecule has 104 valence electrons. The zero-order valence-corrected chi connectivity index (χ0v) is 11.8. The van der Waals surface area contributed by atoms with Gasteiger partial charge in [-0.3, -0.25) is 10.1 Å². The Kier molecular flexibility index (Phi) is 4.56. The number of ether oxygens (including phenoxy) is 1. The van der Waals surface area contributed by atoms with E-state index in [1.54, 1.807) is 7.11 Å². The molecular weight excluding hydrogens is 240 g/mol. The third kappa shape index (κ3) is 2.96. The Bertz CT molecular complexity index is 430. The number of nitrogens with zero attached hydrogens (tertiary/aromatic N) is 1. The van der Waals surface area contributed by atoms with Crippen molar-refractivity contribution in [3.8, 4) is 0 Å².